The highest BCUT2D eigenvalue weighted by Crippen LogP contribution is 2.20. The van der Waals surface area contributed by atoms with Gasteiger partial charge in [0.2, 0.25) is 0 Å². The summed E-state index contributed by atoms with van der Waals surface area (Å²) in [6.45, 7) is 8.57. The Kier molecular flexibility index (Phi) is 6.24. The minimum atomic E-state index is 0.493. The molecule has 1 saturated heterocycles. The molecule has 0 amide bonds. The van der Waals surface area contributed by atoms with Gasteiger partial charge in [-0.05, 0) is 64.5 Å². The van der Waals surface area contributed by atoms with Crippen LogP contribution in [0.5, 0.6) is 0 Å². The molecule has 0 saturated carbocycles. The number of ether oxygens (including phenoxy) is 1. The second-order valence-corrected chi connectivity index (χ2v) is 6.34. The fourth-order valence-electron chi connectivity index (χ4n) is 3.24. The maximum absolute atomic E-state index is 5.77. The standard InChI is InChI=1S/C17H31N3O/c1-5-10-18-15(8-9-16-7-6-11-21-16)12-17-13(2)19-20(4)14(17)3/h15-16,18H,5-12H2,1-4H3. The first-order chi connectivity index (χ1) is 10.1. The van der Waals surface area contributed by atoms with Crippen LogP contribution in [0, 0.1) is 13.8 Å². The summed E-state index contributed by atoms with van der Waals surface area (Å²) < 4.78 is 7.77. The van der Waals surface area contributed by atoms with Crippen LogP contribution >= 0.6 is 0 Å². The van der Waals surface area contributed by atoms with Crippen molar-refractivity contribution < 1.29 is 4.74 Å². The molecule has 1 N–H and O–H groups in total. The number of nitrogens with zero attached hydrogens (tertiary/aromatic N) is 2. The molecule has 4 heteroatoms. The predicted octanol–water partition coefficient (Wildman–Crippen LogP) is 2.91. The lowest BCUT2D eigenvalue weighted by atomic mass is 9.98. The summed E-state index contributed by atoms with van der Waals surface area (Å²) in [5, 5.41) is 8.26. The van der Waals surface area contributed by atoms with Crippen LogP contribution in [-0.4, -0.2) is 35.1 Å². The van der Waals surface area contributed by atoms with Crippen LogP contribution in [-0.2, 0) is 18.2 Å². The fraction of sp³-hybridized carbons (Fsp3) is 0.824. The molecule has 1 aromatic rings. The molecule has 0 spiro atoms. The van der Waals surface area contributed by atoms with Gasteiger partial charge in [0.05, 0.1) is 11.8 Å². The minimum Gasteiger partial charge on any atom is -0.378 e. The number of aryl methyl sites for hydroxylation is 2. The van der Waals surface area contributed by atoms with E-state index in [-0.39, 0.29) is 0 Å². The smallest absolute Gasteiger partial charge is 0.0628 e. The van der Waals surface area contributed by atoms with Gasteiger partial charge < -0.3 is 10.1 Å². The van der Waals surface area contributed by atoms with Crippen molar-refractivity contribution in [1.29, 1.82) is 0 Å². The van der Waals surface area contributed by atoms with Gasteiger partial charge in [-0.1, -0.05) is 6.92 Å². The molecule has 0 aromatic carbocycles. The van der Waals surface area contributed by atoms with E-state index in [0.717, 1.165) is 19.6 Å². The minimum absolute atomic E-state index is 0.493. The summed E-state index contributed by atoms with van der Waals surface area (Å²) in [6.07, 6.45) is 7.61. The van der Waals surface area contributed by atoms with Crippen LogP contribution < -0.4 is 5.32 Å². The van der Waals surface area contributed by atoms with E-state index in [0.29, 0.717) is 12.1 Å². The van der Waals surface area contributed by atoms with E-state index in [1.807, 2.05) is 11.7 Å². The van der Waals surface area contributed by atoms with Crippen molar-refractivity contribution in [2.45, 2.75) is 71.4 Å². The van der Waals surface area contributed by atoms with E-state index in [2.05, 4.69) is 31.2 Å². The molecule has 1 aliphatic heterocycles. The average molecular weight is 293 g/mol. The van der Waals surface area contributed by atoms with Crippen LogP contribution in [0.25, 0.3) is 0 Å². The number of aromatic nitrogens is 2. The van der Waals surface area contributed by atoms with E-state index in [1.165, 1.54) is 49.1 Å². The van der Waals surface area contributed by atoms with Gasteiger partial charge in [-0.3, -0.25) is 4.68 Å². The summed E-state index contributed by atoms with van der Waals surface area (Å²) in [7, 11) is 2.03. The second-order valence-electron chi connectivity index (χ2n) is 6.34. The second kappa shape index (κ2) is 7.95. The van der Waals surface area contributed by atoms with Crippen molar-refractivity contribution in [1.82, 2.24) is 15.1 Å². The number of nitrogens with one attached hydrogen (secondary N) is 1. The molecular formula is C17H31N3O. The Hall–Kier alpha value is -0.870. The summed E-state index contributed by atoms with van der Waals surface area (Å²) in [4.78, 5) is 0. The van der Waals surface area contributed by atoms with Gasteiger partial charge in [0.25, 0.3) is 0 Å². The Morgan fingerprint density at radius 2 is 2.24 bits per heavy atom. The van der Waals surface area contributed by atoms with Gasteiger partial charge in [-0.2, -0.15) is 5.10 Å². The largest absolute Gasteiger partial charge is 0.378 e. The molecule has 0 radical (unpaired) electrons. The molecular weight excluding hydrogens is 262 g/mol. The zero-order chi connectivity index (χ0) is 15.2. The third-order valence-corrected chi connectivity index (χ3v) is 4.65. The van der Waals surface area contributed by atoms with E-state index in [4.69, 9.17) is 4.74 Å². The van der Waals surface area contributed by atoms with Gasteiger partial charge in [0, 0.05) is 25.4 Å². The summed E-state index contributed by atoms with van der Waals surface area (Å²) in [6, 6.07) is 0.538. The van der Waals surface area contributed by atoms with Crippen LogP contribution in [0.1, 0.15) is 56.0 Å². The van der Waals surface area contributed by atoms with Crippen LogP contribution in [0.4, 0.5) is 0 Å². The van der Waals surface area contributed by atoms with Gasteiger partial charge in [-0.25, -0.2) is 0 Å². The third kappa shape index (κ3) is 4.55. The number of hydrogen-bond donors (Lipinski definition) is 1. The molecule has 1 aliphatic rings. The summed E-state index contributed by atoms with van der Waals surface area (Å²) in [5.74, 6) is 0. The molecule has 1 aromatic heterocycles. The van der Waals surface area contributed by atoms with Gasteiger partial charge in [0.15, 0.2) is 0 Å². The Morgan fingerprint density at radius 3 is 2.81 bits per heavy atom. The molecule has 0 aliphatic carbocycles. The Morgan fingerprint density at radius 1 is 1.43 bits per heavy atom. The molecule has 120 valence electrons. The van der Waals surface area contributed by atoms with Crippen molar-refractivity contribution in [2.75, 3.05) is 13.2 Å². The Bertz CT molecular complexity index is 435. The quantitative estimate of drug-likeness (QED) is 0.801. The monoisotopic (exact) mass is 293 g/mol. The summed E-state index contributed by atoms with van der Waals surface area (Å²) in [5.41, 5.74) is 3.89. The highest BCUT2D eigenvalue weighted by Gasteiger charge is 2.20. The van der Waals surface area contributed by atoms with E-state index >= 15 is 0 Å². The highest BCUT2D eigenvalue weighted by atomic mass is 16.5. The molecule has 2 rings (SSSR count). The number of rotatable bonds is 8. The predicted molar refractivity (Wildman–Crippen MR) is 86.7 cm³/mol. The normalized spacial score (nSPS) is 20.1. The maximum Gasteiger partial charge on any atom is 0.0628 e. The van der Waals surface area contributed by atoms with Crippen molar-refractivity contribution in [3.63, 3.8) is 0 Å². The van der Waals surface area contributed by atoms with Crippen molar-refractivity contribution >= 4 is 0 Å². The zero-order valence-corrected chi connectivity index (χ0v) is 14.1. The van der Waals surface area contributed by atoms with Crippen LogP contribution in [0.15, 0.2) is 0 Å². The lowest BCUT2D eigenvalue weighted by Gasteiger charge is -2.20. The first-order valence-electron chi connectivity index (χ1n) is 8.45. The van der Waals surface area contributed by atoms with Crippen molar-refractivity contribution in [2.24, 2.45) is 7.05 Å². The molecule has 4 nitrogen and oxygen atoms in total. The molecule has 21 heavy (non-hydrogen) atoms. The van der Waals surface area contributed by atoms with Crippen molar-refractivity contribution in [3.8, 4) is 0 Å². The topological polar surface area (TPSA) is 39.1 Å². The molecule has 2 heterocycles. The van der Waals surface area contributed by atoms with Crippen LogP contribution in [0.2, 0.25) is 0 Å². The van der Waals surface area contributed by atoms with Crippen molar-refractivity contribution in [3.05, 3.63) is 17.0 Å². The Labute approximate surface area is 129 Å². The fourth-order valence-corrected chi connectivity index (χ4v) is 3.24. The number of hydrogen-bond acceptors (Lipinski definition) is 3. The molecule has 2 atom stereocenters. The average Bonchev–Trinajstić information content (AvgIpc) is 3.05. The summed E-state index contributed by atoms with van der Waals surface area (Å²) >= 11 is 0. The van der Waals surface area contributed by atoms with E-state index < -0.39 is 0 Å². The van der Waals surface area contributed by atoms with Crippen LogP contribution in [0.3, 0.4) is 0 Å². The van der Waals surface area contributed by atoms with E-state index in [9.17, 15) is 0 Å². The first kappa shape index (κ1) is 16.5. The Balaban J connectivity index is 1.94. The molecule has 2 unspecified atom stereocenters. The van der Waals surface area contributed by atoms with E-state index in [1.54, 1.807) is 0 Å². The van der Waals surface area contributed by atoms with Gasteiger partial charge in [-0.15, -0.1) is 0 Å². The highest BCUT2D eigenvalue weighted by molar-refractivity contribution is 5.25. The SMILES string of the molecule is CCCNC(CCC1CCCO1)Cc1c(C)nn(C)c1C. The van der Waals surface area contributed by atoms with Gasteiger partial charge >= 0.3 is 0 Å². The zero-order valence-electron chi connectivity index (χ0n) is 14.1. The molecule has 1 fully saturated rings. The molecule has 0 bridgehead atoms. The lowest BCUT2D eigenvalue weighted by molar-refractivity contribution is 0.0995. The lowest BCUT2D eigenvalue weighted by Crippen LogP contribution is -2.33. The van der Waals surface area contributed by atoms with Gasteiger partial charge in [0.1, 0.15) is 0 Å². The first-order valence-corrected chi connectivity index (χ1v) is 8.45. The maximum atomic E-state index is 5.77. The third-order valence-electron chi connectivity index (χ3n) is 4.65.